The summed E-state index contributed by atoms with van der Waals surface area (Å²) in [7, 11) is 0. The van der Waals surface area contributed by atoms with Crippen molar-refractivity contribution in [2.24, 2.45) is 17.3 Å². The second-order valence-corrected chi connectivity index (χ2v) is 6.80. The van der Waals surface area contributed by atoms with E-state index in [-0.39, 0.29) is 11.2 Å². The number of ketones is 1. The molecule has 3 nitrogen and oxygen atoms in total. The highest BCUT2D eigenvalue weighted by molar-refractivity contribution is 5.91. The molecule has 0 heterocycles. The molecular weight excluding hydrogens is 248 g/mol. The molecule has 1 rings (SSSR count). The van der Waals surface area contributed by atoms with Gasteiger partial charge in [0.1, 0.15) is 0 Å². The number of rotatable bonds is 2. The van der Waals surface area contributed by atoms with Crippen molar-refractivity contribution in [3.8, 4) is 0 Å². The summed E-state index contributed by atoms with van der Waals surface area (Å²) in [5.74, 6) is 1.14. The second-order valence-electron chi connectivity index (χ2n) is 6.80. The van der Waals surface area contributed by atoms with Crippen molar-refractivity contribution in [2.75, 3.05) is 0 Å². The Morgan fingerprint density at radius 3 is 1.60 bits per heavy atom. The standard InChI is InChI=1S/C9H14O.2C4H9N/c1-7-4-8(10)6-9(2,3)5-7;2*1-4(2)3-5/h4H,5-6H2,1-3H3;2*3-5H,1-2H3. The van der Waals surface area contributed by atoms with Crippen LogP contribution in [-0.4, -0.2) is 18.2 Å². The summed E-state index contributed by atoms with van der Waals surface area (Å²) in [6.07, 6.45) is 6.38. The van der Waals surface area contributed by atoms with Crippen LogP contribution < -0.4 is 0 Å². The van der Waals surface area contributed by atoms with Crippen LogP contribution in [0.1, 0.15) is 61.3 Å². The van der Waals surface area contributed by atoms with Gasteiger partial charge < -0.3 is 10.8 Å². The van der Waals surface area contributed by atoms with E-state index in [0.717, 1.165) is 6.42 Å². The van der Waals surface area contributed by atoms with Crippen LogP contribution in [0.2, 0.25) is 0 Å². The number of hydrogen-bond donors (Lipinski definition) is 2. The maximum atomic E-state index is 11.0. The first-order valence-corrected chi connectivity index (χ1v) is 7.25. The van der Waals surface area contributed by atoms with E-state index in [4.69, 9.17) is 10.8 Å². The molecule has 0 aromatic rings. The third-order valence-electron chi connectivity index (χ3n) is 2.48. The van der Waals surface area contributed by atoms with Crippen LogP contribution in [0, 0.1) is 28.1 Å². The van der Waals surface area contributed by atoms with Crippen LogP contribution in [0.15, 0.2) is 11.6 Å². The normalized spacial score (nSPS) is 16.4. The topological polar surface area (TPSA) is 64.8 Å². The minimum Gasteiger partial charge on any atom is -0.313 e. The molecule has 0 fully saturated rings. The Bertz CT molecular complexity index is 327. The zero-order valence-corrected chi connectivity index (χ0v) is 14.2. The van der Waals surface area contributed by atoms with Gasteiger partial charge in [0.25, 0.3) is 0 Å². The second kappa shape index (κ2) is 10.5. The predicted octanol–water partition coefficient (Wildman–Crippen LogP) is 4.91. The van der Waals surface area contributed by atoms with Gasteiger partial charge >= 0.3 is 0 Å². The summed E-state index contributed by atoms with van der Waals surface area (Å²) in [6, 6.07) is 0. The minimum absolute atomic E-state index is 0.204. The summed E-state index contributed by atoms with van der Waals surface area (Å²) in [5, 5.41) is 13.1. The highest BCUT2D eigenvalue weighted by atomic mass is 16.1. The lowest BCUT2D eigenvalue weighted by atomic mass is 9.77. The molecule has 0 unspecified atom stereocenters. The van der Waals surface area contributed by atoms with Crippen LogP contribution in [0.3, 0.4) is 0 Å². The number of allylic oxidation sites excluding steroid dienone is 2. The maximum absolute atomic E-state index is 11.0. The highest BCUT2D eigenvalue weighted by Gasteiger charge is 2.25. The molecule has 0 atom stereocenters. The third kappa shape index (κ3) is 14.8. The Hall–Kier alpha value is -1.25. The van der Waals surface area contributed by atoms with E-state index >= 15 is 0 Å². The largest absolute Gasteiger partial charge is 0.313 e. The first-order chi connectivity index (χ1) is 9.03. The summed E-state index contributed by atoms with van der Waals surface area (Å²) in [5.41, 5.74) is 1.43. The van der Waals surface area contributed by atoms with Crippen molar-refractivity contribution in [3.05, 3.63) is 11.6 Å². The molecule has 2 N–H and O–H groups in total. The fraction of sp³-hybridized carbons (Fsp3) is 0.706. The first-order valence-electron chi connectivity index (χ1n) is 7.25. The van der Waals surface area contributed by atoms with E-state index in [1.54, 1.807) is 6.08 Å². The molecule has 0 radical (unpaired) electrons. The highest BCUT2D eigenvalue weighted by Crippen LogP contribution is 2.32. The monoisotopic (exact) mass is 280 g/mol. The van der Waals surface area contributed by atoms with Gasteiger partial charge in [-0.05, 0) is 49.1 Å². The molecule has 1 aliphatic carbocycles. The van der Waals surface area contributed by atoms with Crippen molar-refractivity contribution >= 4 is 18.2 Å². The lowest BCUT2D eigenvalue weighted by Crippen LogP contribution is -2.20. The van der Waals surface area contributed by atoms with Gasteiger partial charge in [-0.3, -0.25) is 4.79 Å². The van der Waals surface area contributed by atoms with Crippen LogP contribution >= 0.6 is 0 Å². The van der Waals surface area contributed by atoms with Crippen molar-refractivity contribution in [1.82, 2.24) is 0 Å². The van der Waals surface area contributed by atoms with Gasteiger partial charge in [0, 0.05) is 6.42 Å². The van der Waals surface area contributed by atoms with Gasteiger partial charge in [0.2, 0.25) is 0 Å². The van der Waals surface area contributed by atoms with E-state index in [9.17, 15) is 4.79 Å². The molecule has 0 spiro atoms. The maximum Gasteiger partial charge on any atom is 0.156 e. The number of hydrogen-bond acceptors (Lipinski definition) is 3. The van der Waals surface area contributed by atoms with Crippen molar-refractivity contribution < 1.29 is 4.79 Å². The average Bonchev–Trinajstić information content (AvgIpc) is 2.27. The molecule has 1 aliphatic rings. The molecule has 0 aromatic heterocycles. The molecule has 0 saturated heterocycles. The van der Waals surface area contributed by atoms with Crippen LogP contribution in [0.5, 0.6) is 0 Å². The van der Waals surface area contributed by atoms with Crippen LogP contribution in [0.25, 0.3) is 0 Å². The van der Waals surface area contributed by atoms with Crippen molar-refractivity contribution in [3.63, 3.8) is 0 Å². The van der Waals surface area contributed by atoms with Gasteiger partial charge in [-0.25, -0.2) is 0 Å². The Labute approximate surface area is 124 Å². The Morgan fingerprint density at radius 1 is 1.05 bits per heavy atom. The van der Waals surface area contributed by atoms with E-state index in [1.165, 1.54) is 18.0 Å². The van der Waals surface area contributed by atoms with Gasteiger partial charge in [0.15, 0.2) is 5.78 Å². The Morgan fingerprint density at radius 2 is 1.40 bits per heavy atom. The van der Waals surface area contributed by atoms with E-state index in [2.05, 4.69) is 13.8 Å². The summed E-state index contributed by atoms with van der Waals surface area (Å²) >= 11 is 0. The number of nitrogens with one attached hydrogen (secondary N) is 2. The average molecular weight is 280 g/mol. The molecular formula is C17H32N2O. The van der Waals surface area contributed by atoms with Crippen molar-refractivity contribution in [2.45, 2.75) is 61.3 Å². The fourth-order valence-corrected chi connectivity index (χ4v) is 1.67. The van der Waals surface area contributed by atoms with Gasteiger partial charge in [0.05, 0.1) is 0 Å². The lowest BCUT2D eigenvalue weighted by molar-refractivity contribution is -0.117. The summed E-state index contributed by atoms with van der Waals surface area (Å²) in [4.78, 5) is 11.0. The first kappa shape index (κ1) is 21.1. The molecule has 3 heteroatoms. The van der Waals surface area contributed by atoms with Crippen LogP contribution in [-0.2, 0) is 4.79 Å². The number of carbonyl (C=O) groups excluding carboxylic acids is 1. The quantitative estimate of drug-likeness (QED) is 0.694. The summed E-state index contributed by atoms with van der Waals surface area (Å²) in [6.45, 7) is 14.2. The lowest BCUT2D eigenvalue weighted by Gasteiger charge is -2.27. The Balaban J connectivity index is 0. The molecule has 20 heavy (non-hydrogen) atoms. The Kier molecular flexibility index (Phi) is 11.1. The molecule has 0 aliphatic heterocycles. The molecule has 0 amide bonds. The smallest absolute Gasteiger partial charge is 0.156 e. The fourth-order valence-electron chi connectivity index (χ4n) is 1.67. The number of carbonyl (C=O) groups is 1. The van der Waals surface area contributed by atoms with Gasteiger partial charge in [-0.15, -0.1) is 0 Å². The predicted molar refractivity (Wildman–Crippen MR) is 89.0 cm³/mol. The van der Waals surface area contributed by atoms with Gasteiger partial charge in [-0.1, -0.05) is 47.1 Å². The van der Waals surface area contributed by atoms with Crippen LogP contribution in [0.4, 0.5) is 0 Å². The molecule has 0 bridgehead atoms. The van der Waals surface area contributed by atoms with Crippen molar-refractivity contribution in [1.29, 1.82) is 10.8 Å². The zero-order valence-electron chi connectivity index (χ0n) is 14.2. The van der Waals surface area contributed by atoms with Gasteiger partial charge in [-0.2, -0.15) is 0 Å². The van der Waals surface area contributed by atoms with E-state index in [0.29, 0.717) is 18.3 Å². The summed E-state index contributed by atoms with van der Waals surface area (Å²) < 4.78 is 0. The molecule has 0 saturated carbocycles. The molecule has 0 aromatic carbocycles. The SMILES string of the molecule is CC(C)C=N.CC(C)C=N.CC1=CC(=O)CC(C)(C)C1. The minimum atomic E-state index is 0.204. The molecule has 116 valence electrons. The van der Waals surface area contributed by atoms with E-state index in [1.807, 2.05) is 34.6 Å². The zero-order chi connectivity index (χ0) is 16.3. The third-order valence-corrected chi connectivity index (χ3v) is 2.48. The van der Waals surface area contributed by atoms with E-state index < -0.39 is 0 Å².